The number of aromatic nitrogens is 2. The lowest BCUT2D eigenvalue weighted by Gasteiger charge is -2.25. The number of guanidine groups is 2. The number of carbonyl (C=O) groups is 5. The molecule has 16 N–H and O–H groups in total. The second-order valence-corrected chi connectivity index (χ2v) is 9.24. The number of nitrogens with two attached hydrogens (primary N) is 5. The van der Waals surface area contributed by atoms with Gasteiger partial charge >= 0.3 is 11.9 Å². The second-order valence-electron chi connectivity index (χ2n) is 9.24. The molecule has 0 fully saturated rings. The Labute approximate surface area is 241 Å². The summed E-state index contributed by atoms with van der Waals surface area (Å²) < 4.78 is 0. The quantitative estimate of drug-likeness (QED) is 0.0386. The summed E-state index contributed by atoms with van der Waals surface area (Å²) in [7, 11) is 0. The SMILES string of the molecule is NC(N)=NCCCC(N)C(=O)NC(Cc1cnc[nH]1)C(=O)NC(CCCN=C(N)N)C(=O)NC(CCC(=O)O)C(=O)O. The lowest BCUT2D eigenvalue weighted by Crippen LogP contribution is -2.57. The molecule has 1 aromatic rings. The molecule has 19 heteroatoms. The van der Waals surface area contributed by atoms with Crippen molar-refractivity contribution in [2.45, 2.75) is 69.1 Å². The first-order valence-corrected chi connectivity index (χ1v) is 13.0. The highest BCUT2D eigenvalue weighted by molar-refractivity contribution is 5.94. The van der Waals surface area contributed by atoms with Crippen molar-refractivity contribution in [3.8, 4) is 0 Å². The van der Waals surface area contributed by atoms with Gasteiger partial charge in [0.2, 0.25) is 17.7 Å². The molecular weight excluding hydrogens is 556 g/mol. The van der Waals surface area contributed by atoms with Gasteiger partial charge in [-0.3, -0.25) is 29.2 Å². The van der Waals surface area contributed by atoms with Crippen LogP contribution in [0.2, 0.25) is 0 Å². The fourth-order valence-electron chi connectivity index (χ4n) is 3.60. The van der Waals surface area contributed by atoms with Gasteiger partial charge in [0.1, 0.15) is 18.1 Å². The van der Waals surface area contributed by atoms with Crippen LogP contribution in [0.1, 0.15) is 44.2 Å². The Bertz CT molecular complexity index is 1100. The summed E-state index contributed by atoms with van der Waals surface area (Å²) in [5.74, 6) is -5.28. The van der Waals surface area contributed by atoms with Gasteiger partial charge in [0.25, 0.3) is 0 Å². The molecule has 19 nitrogen and oxygen atoms in total. The molecule has 3 amide bonds. The Kier molecular flexibility index (Phi) is 15.4. The third kappa shape index (κ3) is 14.4. The number of nitrogens with one attached hydrogen (secondary N) is 4. The number of hydrogen-bond acceptors (Lipinski definition) is 9. The van der Waals surface area contributed by atoms with Crippen LogP contribution >= 0.6 is 0 Å². The average molecular weight is 597 g/mol. The minimum absolute atomic E-state index is 0.0192. The molecule has 0 bridgehead atoms. The molecular formula is C23H40N12O7. The molecule has 0 aliphatic heterocycles. The van der Waals surface area contributed by atoms with Crippen molar-refractivity contribution < 1.29 is 34.2 Å². The molecule has 42 heavy (non-hydrogen) atoms. The Hall–Kier alpha value is -4.94. The number of aliphatic carboxylic acids is 2. The van der Waals surface area contributed by atoms with Crippen molar-refractivity contribution >= 4 is 41.6 Å². The number of carboxylic acids is 2. The van der Waals surface area contributed by atoms with E-state index in [1.54, 1.807) is 0 Å². The van der Waals surface area contributed by atoms with Gasteiger partial charge in [-0.1, -0.05) is 0 Å². The normalized spacial score (nSPS) is 13.5. The van der Waals surface area contributed by atoms with Crippen LogP contribution in [0.5, 0.6) is 0 Å². The van der Waals surface area contributed by atoms with E-state index in [0.717, 1.165) is 0 Å². The topological polar surface area (TPSA) is 345 Å². The van der Waals surface area contributed by atoms with E-state index in [1.807, 2.05) is 0 Å². The van der Waals surface area contributed by atoms with E-state index < -0.39 is 60.2 Å². The van der Waals surface area contributed by atoms with Gasteiger partial charge in [0.05, 0.1) is 12.4 Å². The van der Waals surface area contributed by atoms with Crippen molar-refractivity contribution in [1.82, 2.24) is 25.9 Å². The minimum Gasteiger partial charge on any atom is -0.481 e. The van der Waals surface area contributed by atoms with Gasteiger partial charge in [-0.05, 0) is 32.1 Å². The van der Waals surface area contributed by atoms with Crippen molar-refractivity contribution in [1.29, 1.82) is 0 Å². The van der Waals surface area contributed by atoms with E-state index in [9.17, 15) is 29.1 Å². The monoisotopic (exact) mass is 596 g/mol. The first-order valence-electron chi connectivity index (χ1n) is 13.0. The predicted octanol–water partition coefficient (Wildman–Crippen LogP) is -4.21. The Morgan fingerprint density at radius 3 is 1.88 bits per heavy atom. The van der Waals surface area contributed by atoms with Crippen molar-refractivity contribution in [3.63, 3.8) is 0 Å². The lowest BCUT2D eigenvalue weighted by atomic mass is 10.1. The molecule has 0 spiro atoms. The molecule has 4 unspecified atom stereocenters. The number of aliphatic imine (C=N–C) groups is 2. The number of carbonyl (C=O) groups excluding carboxylic acids is 3. The number of H-pyrrole nitrogens is 1. The van der Waals surface area contributed by atoms with E-state index in [1.165, 1.54) is 12.5 Å². The molecule has 234 valence electrons. The Balaban J connectivity index is 3.07. The third-order valence-electron chi connectivity index (χ3n) is 5.76. The number of amides is 3. The smallest absolute Gasteiger partial charge is 0.326 e. The molecule has 4 atom stereocenters. The van der Waals surface area contributed by atoms with Crippen LogP contribution in [-0.4, -0.2) is 99.0 Å². The third-order valence-corrected chi connectivity index (χ3v) is 5.76. The van der Waals surface area contributed by atoms with E-state index in [4.69, 9.17) is 33.8 Å². The number of carboxylic acid groups (broad SMARTS) is 2. The minimum atomic E-state index is -1.52. The molecule has 0 aliphatic rings. The first-order chi connectivity index (χ1) is 19.8. The summed E-state index contributed by atoms with van der Waals surface area (Å²) in [6.07, 6.45) is 2.69. The molecule has 0 saturated carbocycles. The second kappa shape index (κ2) is 18.4. The van der Waals surface area contributed by atoms with E-state index in [0.29, 0.717) is 12.1 Å². The zero-order valence-electron chi connectivity index (χ0n) is 23.0. The average Bonchev–Trinajstić information content (AvgIpc) is 3.42. The number of hydrogen-bond donors (Lipinski definition) is 11. The molecule has 0 saturated heterocycles. The lowest BCUT2D eigenvalue weighted by molar-refractivity contribution is -0.143. The van der Waals surface area contributed by atoms with E-state index in [-0.39, 0.29) is 57.1 Å². The summed E-state index contributed by atoms with van der Waals surface area (Å²) in [5, 5.41) is 25.7. The maximum absolute atomic E-state index is 13.4. The van der Waals surface area contributed by atoms with Crippen LogP contribution in [0.15, 0.2) is 22.5 Å². The predicted molar refractivity (Wildman–Crippen MR) is 150 cm³/mol. The van der Waals surface area contributed by atoms with Gasteiger partial charge in [-0.15, -0.1) is 0 Å². The maximum atomic E-state index is 13.4. The van der Waals surface area contributed by atoms with Gasteiger partial charge < -0.3 is 59.8 Å². The number of aromatic amines is 1. The molecule has 0 radical (unpaired) electrons. The summed E-state index contributed by atoms with van der Waals surface area (Å²) in [5.41, 5.74) is 27.7. The summed E-state index contributed by atoms with van der Waals surface area (Å²) >= 11 is 0. The van der Waals surface area contributed by atoms with Crippen LogP contribution in [0, 0.1) is 0 Å². The fourth-order valence-corrected chi connectivity index (χ4v) is 3.60. The number of rotatable bonds is 20. The molecule has 0 aliphatic carbocycles. The van der Waals surface area contributed by atoms with Crippen molar-refractivity contribution in [2.75, 3.05) is 13.1 Å². The van der Waals surface area contributed by atoms with Crippen LogP contribution in [0.4, 0.5) is 0 Å². The van der Waals surface area contributed by atoms with Crippen LogP contribution in [0.3, 0.4) is 0 Å². The summed E-state index contributed by atoms with van der Waals surface area (Å²) in [6.45, 7) is 0.355. The van der Waals surface area contributed by atoms with Gasteiger partial charge in [0.15, 0.2) is 11.9 Å². The Morgan fingerprint density at radius 1 is 0.810 bits per heavy atom. The van der Waals surface area contributed by atoms with E-state index in [2.05, 4.69) is 35.9 Å². The zero-order valence-corrected chi connectivity index (χ0v) is 23.0. The zero-order chi connectivity index (χ0) is 31.7. The highest BCUT2D eigenvalue weighted by Crippen LogP contribution is 2.06. The highest BCUT2D eigenvalue weighted by Gasteiger charge is 2.30. The van der Waals surface area contributed by atoms with Gasteiger partial charge in [-0.25, -0.2) is 9.78 Å². The fraction of sp³-hybridized carbons (Fsp3) is 0.565. The first kappa shape index (κ1) is 35.1. The van der Waals surface area contributed by atoms with Crippen molar-refractivity contribution in [2.24, 2.45) is 38.7 Å². The summed E-state index contributed by atoms with van der Waals surface area (Å²) in [6, 6.07) is -5.02. The number of nitrogens with zero attached hydrogens (tertiary/aromatic N) is 3. The van der Waals surface area contributed by atoms with Crippen molar-refractivity contribution in [3.05, 3.63) is 18.2 Å². The van der Waals surface area contributed by atoms with Gasteiger partial charge in [0, 0.05) is 37.8 Å². The molecule has 1 heterocycles. The van der Waals surface area contributed by atoms with Gasteiger partial charge in [-0.2, -0.15) is 0 Å². The maximum Gasteiger partial charge on any atom is 0.326 e. The van der Waals surface area contributed by atoms with E-state index >= 15 is 0 Å². The number of imidazole rings is 1. The molecule has 0 aromatic carbocycles. The Morgan fingerprint density at radius 2 is 1.36 bits per heavy atom. The highest BCUT2D eigenvalue weighted by atomic mass is 16.4. The summed E-state index contributed by atoms with van der Waals surface area (Å²) in [4.78, 5) is 76.1. The van der Waals surface area contributed by atoms with Crippen LogP contribution < -0.4 is 44.6 Å². The van der Waals surface area contributed by atoms with Crippen LogP contribution in [-0.2, 0) is 30.4 Å². The molecule has 1 rings (SSSR count). The standard InChI is InChI=1S/C23H40N12O7/c24-13(3-1-7-30-22(25)26)18(38)35-16(9-12-10-29-11-32-12)20(40)33-14(4-2-8-31-23(27)28)19(39)34-15(21(41)42)5-6-17(36)37/h10-11,13-16H,1-9,24H2,(H,29,32)(H,33,40)(H,34,39)(H,35,38)(H,36,37)(H,41,42)(H4,25,26,30)(H4,27,28,31). The molecule has 1 aromatic heterocycles. The van der Waals surface area contributed by atoms with Crippen LogP contribution in [0.25, 0.3) is 0 Å². The largest absolute Gasteiger partial charge is 0.481 e.